The molecule has 1 aromatic heterocycles. The van der Waals surface area contributed by atoms with Gasteiger partial charge in [0, 0.05) is 17.6 Å². The first-order valence-electron chi connectivity index (χ1n) is 6.45. The number of hydrogen-bond acceptors (Lipinski definition) is 4. The maximum Gasteiger partial charge on any atom is 0.165 e. The molecule has 0 spiro atoms. The van der Waals surface area contributed by atoms with E-state index in [2.05, 4.69) is 23.9 Å². The van der Waals surface area contributed by atoms with Crippen LogP contribution in [0, 0.1) is 0 Å². The zero-order chi connectivity index (χ0) is 13.8. The third-order valence-electron chi connectivity index (χ3n) is 2.90. The van der Waals surface area contributed by atoms with Gasteiger partial charge in [0.15, 0.2) is 5.82 Å². The number of nitrogens with zero attached hydrogens (tertiary/aromatic N) is 3. The van der Waals surface area contributed by atoms with Crippen molar-refractivity contribution >= 4 is 0 Å². The molecule has 0 saturated heterocycles. The molecule has 1 atom stereocenters. The molecular formula is C14H20N4O. The zero-order valence-electron chi connectivity index (χ0n) is 11.6. The molecule has 5 nitrogen and oxygen atoms in total. The molecule has 0 aliphatic heterocycles. The summed E-state index contributed by atoms with van der Waals surface area (Å²) in [6, 6.07) is 8.02. The summed E-state index contributed by atoms with van der Waals surface area (Å²) in [5.74, 6) is 1.62. The van der Waals surface area contributed by atoms with Crippen molar-refractivity contribution in [1.82, 2.24) is 14.8 Å². The van der Waals surface area contributed by atoms with Crippen LogP contribution in [0.15, 0.2) is 30.6 Å². The molecule has 102 valence electrons. The van der Waals surface area contributed by atoms with Crippen molar-refractivity contribution in [2.45, 2.75) is 39.5 Å². The van der Waals surface area contributed by atoms with Crippen LogP contribution in [0.25, 0.3) is 0 Å². The van der Waals surface area contributed by atoms with Crippen molar-refractivity contribution < 1.29 is 4.74 Å². The Morgan fingerprint density at radius 2 is 2.00 bits per heavy atom. The summed E-state index contributed by atoms with van der Waals surface area (Å²) in [7, 11) is 0. The number of nitrogens with two attached hydrogens (primary N) is 1. The van der Waals surface area contributed by atoms with Gasteiger partial charge in [0.25, 0.3) is 0 Å². The van der Waals surface area contributed by atoms with Crippen LogP contribution in [-0.4, -0.2) is 14.8 Å². The summed E-state index contributed by atoms with van der Waals surface area (Å²) in [6.45, 7) is 6.46. The Bertz CT molecular complexity index is 534. The Labute approximate surface area is 113 Å². The molecule has 2 rings (SSSR count). The third-order valence-corrected chi connectivity index (χ3v) is 2.90. The van der Waals surface area contributed by atoms with Gasteiger partial charge in [-0.1, -0.05) is 18.2 Å². The number of ether oxygens (including phenoxy) is 1. The fourth-order valence-corrected chi connectivity index (χ4v) is 1.94. The minimum Gasteiger partial charge on any atom is -0.485 e. The first-order chi connectivity index (χ1) is 9.09. The van der Waals surface area contributed by atoms with E-state index in [9.17, 15) is 0 Å². The lowest BCUT2D eigenvalue weighted by Crippen LogP contribution is -2.12. The van der Waals surface area contributed by atoms with Gasteiger partial charge in [-0.2, -0.15) is 5.10 Å². The summed E-state index contributed by atoms with van der Waals surface area (Å²) in [4.78, 5) is 4.22. The molecule has 0 aliphatic carbocycles. The van der Waals surface area contributed by atoms with E-state index in [1.807, 2.05) is 35.9 Å². The molecule has 0 saturated carbocycles. The second-order valence-electron chi connectivity index (χ2n) is 4.83. The molecule has 1 unspecified atom stereocenters. The number of hydrogen-bond donors (Lipinski definition) is 1. The summed E-state index contributed by atoms with van der Waals surface area (Å²) >= 11 is 0. The summed E-state index contributed by atoms with van der Waals surface area (Å²) < 4.78 is 7.69. The lowest BCUT2D eigenvalue weighted by Gasteiger charge is -2.14. The predicted octanol–water partition coefficient (Wildman–Crippen LogP) is 2.46. The van der Waals surface area contributed by atoms with Crippen LogP contribution >= 0.6 is 0 Å². The number of benzene rings is 1. The molecule has 2 N–H and O–H groups in total. The van der Waals surface area contributed by atoms with Gasteiger partial charge in [0.1, 0.15) is 18.7 Å². The van der Waals surface area contributed by atoms with Crippen LogP contribution in [0.2, 0.25) is 0 Å². The van der Waals surface area contributed by atoms with E-state index in [1.165, 1.54) is 0 Å². The van der Waals surface area contributed by atoms with Gasteiger partial charge in [-0.3, -0.25) is 0 Å². The van der Waals surface area contributed by atoms with Crippen LogP contribution in [0.3, 0.4) is 0 Å². The van der Waals surface area contributed by atoms with Gasteiger partial charge in [-0.25, -0.2) is 9.67 Å². The monoisotopic (exact) mass is 260 g/mol. The van der Waals surface area contributed by atoms with E-state index in [-0.39, 0.29) is 12.1 Å². The van der Waals surface area contributed by atoms with Gasteiger partial charge in [-0.15, -0.1) is 0 Å². The average molecular weight is 260 g/mol. The molecular weight excluding hydrogens is 240 g/mol. The molecule has 0 bridgehead atoms. The molecule has 5 heteroatoms. The Hall–Kier alpha value is -1.88. The third kappa shape index (κ3) is 3.12. The van der Waals surface area contributed by atoms with Gasteiger partial charge in [0.05, 0.1) is 0 Å². The molecule has 19 heavy (non-hydrogen) atoms. The molecule has 0 amide bonds. The number of aromatic nitrogens is 3. The van der Waals surface area contributed by atoms with Crippen molar-refractivity contribution in [2.75, 3.05) is 0 Å². The van der Waals surface area contributed by atoms with E-state index < -0.39 is 0 Å². The van der Waals surface area contributed by atoms with Crippen LogP contribution in [0.1, 0.15) is 44.2 Å². The fourth-order valence-electron chi connectivity index (χ4n) is 1.94. The minimum atomic E-state index is -0.0563. The van der Waals surface area contributed by atoms with E-state index in [0.717, 1.165) is 17.1 Å². The molecule has 0 aliphatic rings. The highest BCUT2D eigenvalue weighted by Gasteiger charge is 2.11. The van der Waals surface area contributed by atoms with Gasteiger partial charge < -0.3 is 10.5 Å². The molecule has 2 aromatic rings. The highest BCUT2D eigenvalue weighted by atomic mass is 16.5. The smallest absolute Gasteiger partial charge is 0.165 e. The molecule has 0 radical (unpaired) electrons. The highest BCUT2D eigenvalue weighted by Crippen LogP contribution is 2.24. The van der Waals surface area contributed by atoms with Gasteiger partial charge in [0.2, 0.25) is 0 Å². The summed E-state index contributed by atoms with van der Waals surface area (Å²) in [6.07, 6.45) is 1.55. The summed E-state index contributed by atoms with van der Waals surface area (Å²) in [5.41, 5.74) is 6.93. The maximum atomic E-state index is 5.93. The Morgan fingerprint density at radius 3 is 2.68 bits per heavy atom. The average Bonchev–Trinajstić information content (AvgIpc) is 2.85. The van der Waals surface area contributed by atoms with Crippen LogP contribution < -0.4 is 10.5 Å². The molecule has 1 aromatic carbocycles. The predicted molar refractivity (Wildman–Crippen MR) is 73.8 cm³/mol. The van der Waals surface area contributed by atoms with Crippen molar-refractivity contribution in [1.29, 1.82) is 0 Å². The first-order valence-corrected chi connectivity index (χ1v) is 6.45. The summed E-state index contributed by atoms with van der Waals surface area (Å²) in [5, 5.41) is 4.19. The molecule has 0 fully saturated rings. The maximum absolute atomic E-state index is 5.93. The Balaban J connectivity index is 2.13. The Kier molecular flexibility index (Phi) is 4.16. The quantitative estimate of drug-likeness (QED) is 0.896. The second kappa shape index (κ2) is 5.84. The fraction of sp³-hybridized carbons (Fsp3) is 0.429. The number of para-hydroxylation sites is 1. The second-order valence-corrected chi connectivity index (χ2v) is 4.83. The van der Waals surface area contributed by atoms with Crippen molar-refractivity contribution in [2.24, 2.45) is 5.73 Å². The standard InChI is InChI=1S/C14H20N4O/c1-10(2)18-14(16-9-17-18)8-19-13-7-5-4-6-12(13)11(3)15/h4-7,9-11H,8,15H2,1-3H3. The SMILES string of the molecule is CC(N)c1ccccc1OCc1ncnn1C(C)C. The van der Waals surface area contributed by atoms with Gasteiger partial charge in [-0.05, 0) is 26.8 Å². The van der Waals surface area contributed by atoms with E-state index in [4.69, 9.17) is 10.5 Å². The number of rotatable bonds is 5. The minimum absolute atomic E-state index is 0.0563. The lowest BCUT2D eigenvalue weighted by molar-refractivity contribution is 0.278. The van der Waals surface area contributed by atoms with Crippen LogP contribution in [-0.2, 0) is 6.61 Å². The normalized spacial score (nSPS) is 12.7. The van der Waals surface area contributed by atoms with Gasteiger partial charge >= 0.3 is 0 Å². The largest absolute Gasteiger partial charge is 0.485 e. The van der Waals surface area contributed by atoms with E-state index in [1.54, 1.807) is 6.33 Å². The van der Waals surface area contributed by atoms with E-state index >= 15 is 0 Å². The first kappa shape index (κ1) is 13.5. The topological polar surface area (TPSA) is 66.0 Å². The van der Waals surface area contributed by atoms with Crippen LogP contribution in [0.4, 0.5) is 0 Å². The zero-order valence-corrected chi connectivity index (χ0v) is 11.6. The van der Waals surface area contributed by atoms with Crippen molar-refractivity contribution in [3.05, 3.63) is 42.0 Å². The lowest BCUT2D eigenvalue weighted by atomic mass is 10.1. The van der Waals surface area contributed by atoms with Crippen molar-refractivity contribution in [3.63, 3.8) is 0 Å². The van der Waals surface area contributed by atoms with Crippen LogP contribution in [0.5, 0.6) is 5.75 Å². The van der Waals surface area contributed by atoms with E-state index in [0.29, 0.717) is 6.61 Å². The Morgan fingerprint density at radius 1 is 1.26 bits per heavy atom. The van der Waals surface area contributed by atoms with Crippen molar-refractivity contribution in [3.8, 4) is 5.75 Å². The molecule has 1 heterocycles. The highest BCUT2D eigenvalue weighted by molar-refractivity contribution is 5.35.